The van der Waals surface area contributed by atoms with E-state index in [0.717, 1.165) is 5.56 Å². The van der Waals surface area contributed by atoms with E-state index in [1.54, 1.807) is 17.0 Å². The number of pyridine rings is 1. The summed E-state index contributed by atoms with van der Waals surface area (Å²) in [5, 5.41) is 17.8. The Kier molecular flexibility index (Phi) is 4.89. The Morgan fingerprint density at radius 1 is 1.00 bits per heavy atom. The molecule has 0 bridgehead atoms. The van der Waals surface area contributed by atoms with Crippen LogP contribution in [0.1, 0.15) is 5.56 Å². The zero-order valence-electron chi connectivity index (χ0n) is 16.6. The van der Waals surface area contributed by atoms with Gasteiger partial charge in [-0.2, -0.15) is 10.1 Å². The van der Waals surface area contributed by atoms with Gasteiger partial charge in [-0.3, -0.25) is 14.5 Å². The van der Waals surface area contributed by atoms with Crippen LogP contribution in [0.15, 0.2) is 77.9 Å². The smallest absolute Gasteiger partial charge is 0.267 e. The third-order valence-corrected chi connectivity index (χ3v) is 5.18. The Morgan fingerprint density at radius 3 is 2.48 bits per heavy atom. The quantitative estimate of drug-likeness (QED) is 0.445. The van der Waals surface area contributed by atoms with Crippen molar-refractivity contribution in [1.29, 1.82) is 0 Å². The fourth-order valence-corrected chi connectivity index (χ4v) is 3.72. The molecule has 0 aliphatic carbocycles. The van der Waals surface area contributed by atoms with Gasteiger partial charge in [0.2, 0.25) is 5.95 Å². The van der Waals surface area contributed by atoms with E-state index >= 15 is 0 Å². The number of para-hydroxylation sites is 1. The second kappa shape index (κ2) is 8.00. The fraction of sp³-hybridized carbons (Fsp3) is 0.130. The van der Waals surface area contributed by atoms with E-state index in [4.69, 9.17) is 4.98 Å². The summed E-state index contributed by atoms with van der Waals surface area (Å²) in [7, 11) is 0. The van der Waals surface area contributed by atoms with E-state index < -0.39 is 0 Å². The van der Waals surface area contributed by atoms with Crippen LogP contribution in [0, 0.1) is 0 Å². The number of hydrogen-bond donors (Lipinski definition) is 2. The number of benzene rings is 2. The van der Waals surface area contributed by atoms with Crippen molar-refractivity contribution >= 4 is 27.9 Å². The van der Waals surface area contributed by atoms with E-state index in [-0.39, 0.29) is 12.2 Å². The maximum atomic E-state index is 13.3. The lowest BCUT2D eigenvalue weighted by atomic mass is 10.2. The van der Waals surface area contributed by atoms with E-state index in [1.807, 2.05) is 65.6 Å². The van der Waals surface area contributed by atoms with E-state index in [0.29, 0.717) is 46.7 Å². The van der Waals surface area contributed by atoms with Crippen LogP contribution in [-0.4, -0.2) is 43.0 Å². The van der Waals surface area contributed by atoms with Gasteiger partial charge in [-0.1, -0.05) is 48.5 Å². The third-order valence-electron chi connectivity index (χ3n) is 5.18. The molecule has 0 saturated carbocycles. The molecule has 0 aliphatic heterocycles. The van der Waals surface area contributed by atoms with E-state index in [1.165, 1.54) is 0 Å². The average molecular weight is 412 g/mol. The molecule has 0 unspecified atom stereocenters. The highest BCUT2D eigenvalue weighted by Crippen LogP contribution is 2.24. The molecule has 0 saturated heterocycles. The molecule has 5 aromatic rings. The van der Waals surface area contributed by atoms with Gasteiger partial charge in [0, 0.05) is 25.5 Å². The number of rotatable bonds is 6. The number of aromatic amines is 1. The number of aliphatic hydroxyl groups excluding tert-OH is 1. The molecule has 0 aliphatic rings. The molecule has 0 atom stereocenters. The Morgan fingerprint density at radius 2 is 1.74 bits per heavy atom. The maximum Gasteiger partial charge on any atom is 0.267 e. The van der Waals surface area contributed by atoms with Crippen LogP contribution >= 0.6 is 0 Å². The second-order valence-electron chi connectivity index (χ2n) is 7.16. The number of nitrogens with zero attached hydrogens (tertiary/aromatic N) is 5. The summed E-state index contributed by atoms with van der Waals surface area (Å²) in [6, 6.07) is 19.3. The second-order valence-corrected chi connectivity index (χ2v) is 7.16. The number of aliphatic hydroxyl groups is 1. The summed E-state index contributed by atoms with van der Waals surface area (Å²) < 4.78 is 1.58. The Balaban J connectivity index is 1.72. The molecule has 5 rings (SSSR count). The minimum atomic E-state index is -0.205. The van der Waals surface area contributed by atoms with E-state index in [9.17, 15) is 9.90 Å². The summed E-state index contributed by atoms with van der Waals surface area (Å²) in [6.45, 7) is 0.853. The van der Waals surface area contributed by atoms with Crippen molar-refractivity contribution in [2.24, 2.45) is 0 Å². The highest BCUT2D eigenvalue weighted by atomic mass is 16.3. The molecule has 0 radical (unpaired) electrons. The maximum absolute atomic E-state index is 13.3. The third kappa shape index (κ3) is 3.43. The van der Waals surface area contributed by atoms with Crippen molar-refractivity contribution in [3.05, 3.63) is 89.0 Å². The number of anilines is 1. The Hall–Kier alpha value is -4.04. The molecular weight excluding hydrogens is 392 g/mol. The van der Waals surface area contributed by atoms with Gasteiger partial charge in [0.05, 0.1) is 23.1 Å². The SMILES string of the molecule is O=c1c2c[nH]nc2c2cnc(N(CCO)Cc3ccccc3)nc2n1-c1ccccc1. The van der Waals surface area contributed by atoms with Gasteiger partial charge in [-0.05, 0) is 17.7 Å². The molecule has 3 aromatic heterocycles. The van der Waals surface area contributed by atoms with Crippen LogP contribution in [-0.2, 0) is 6.54 Å². The number of hydrogen-bond acceptors (Lipinski definition) is 6. The molecule has 8 nitrogen and oxygen atoms in total. The van der Waals surface area contributed by atoms with Crippen molar-refractivity contribution in [3.8, 4) is 5.69 Å². The van der Waals surface area contributed by atoms with Crippen LogP contribution < -0.4 is 10.5 Å². The zero-order chi connectivity index (χ0) is 21.2. The van der Waals surface area contributed by atoms with E-state index in [2.05, 4.69) is 15.2 Å². The molecule has 2 N–H and O–H groups in total. The molecular formula is C23H20N6O2. The molecule has 0 amide bonds. The first-order chi connectivity index (χ1) is 15.3. The van der Waals surface area contributed by atoms with Gasteiger partial charge in [0.15, 0.2) is 5.65 Å². The lowest BCUT2D eigenvalue weighted by Gasteiger charge is -2.22. The number of nitrogens with one attached hydrogen (secondary N) is 1. The first kappa shape index (κ1) is 19.0. The Labute approximate surface area is 177 Å². The minimum Gasteiger partial charge on any atom is -0.395 e. The van der Waals surface area contributed by atoms with Crippen LogP contribution in [0.3, 0.4) is 0 Å². The fourth-order valence-electron chi connectivity index (χ4n) is 3.72. The molecule has 3 heterocycles. The highest BCUT2D eigenvalue weighted by Gasteiger charge is 2.18. The van der Waals surface area contributed by atoms with Crippen molar-refractivity contribution < 1.29 is 5.11 Å². The van der Waals surface area contributed by atoms with Crippen molar-refractivity contribution in [2.75, 3.05) is 18.1 Å². The Bertz CT molecular complexity index is 1400. The zero-order valence-corrected chi connectivity index (χ0v) is 16.6. The first-order valence-corrected chi connectivity index (χ1v) is 9.96. The van der Waals surface area contributed by atoms with Gasteiger partial charge in [0.25, 0.3) is 5.56 Å². The summed E-state index contributed by atoms with van der Waals surface area (Å²) in [5.74, 6) is 0.435. The molecule has 0 spiro atoms. The molecule has 2 aromatic carbocycles. The average Bonchev–Trinajstić information content (AvgIpc) is 3.31. The molecule has 0 fully saturated rings. The number of aromatic nitrogens is 5. The van der Waals surface area contributed by atoms with Crippen LogP contribution in [0.5, 0.6) is 0 Å². The molecule has 154 valence electrons. The van der Waals surface area contributed by atoms with Gasteiger partial charge >= 0.3 is 0 Å². The van der Waals surface area contributed by atoms with Gasteiger partial charge in [-0.25, -0.2) is 4.98 Å². The first-order valence-electron chi connectivity index (χ1n) is 9.96. The highest BCUT2D eigenvalue weighted by molar-refractivity contribution is 6.02. The monoisotopic (exact) mass is 412 g/mol. The van der Waals surface area contributed by atoms with Gasteiger partial charge < -0.3 is 10.0 Å². The summed E-state index contributed by atoms with van der Waals surface area (Å²) in [6.07, 6.45) is 3.28. The summed E-state index contributed by atoms with van der Waals surface area (Å²) >= 11 is 0. The van der Waals surface area contributed by atoms with Crippen molar-refractivity contribution in [2.45, 2.75) is 6.54 Å². The van der Waals surface area contributed by atoms with Crippen LogP contribution in [0.25, 0.3) is 27.6 Å². The van der Waals surface area contributed by atoms with Crippen LogP contribution in [0.4, 0.5) is 5.95 Å². The summed E-state index contributed by atoms with van der Waals surface area (Å²) in [4.78, 5) is 24.5. The number of H-pyrrole nitrogens is 1. The molecule has 8 heteroatoms. The predicted octanol–water partition coefficient (Wildman–Crippen LogP) is 2.66. The van der Waals surface area contributed by atoms with Crippen molar-refractivity contribution in [3.63, 3.8) is 0 Å². The largest absolute Gasteiger partial charge is 0.395 e. The van der Waals surface area contributed by atoms with Gasteiger partial charge in [-0.15, -0.1) is 0 Å². The topological polar surface area (TPSA) is 99.9 Å². The summed E-state index contributed by atoms with van der Waals surface area (Å²) in [5.41, 5.74) is 2.58. The van der Waals surface area contributed by atoms with Gasteiger partial charge in [0.1, 0.15) is 5.52 Å². The lowest BCUT2D eigenvalue weighted by Crippen LogP contribution is -2.28. The normalized spacial score (nSPS) is 11.3. The number of fused-ring (bicyclic) bond motifs is 3. The lowest BCUT2D eigenvalue weighted by molar-refractivity contribution is 0.301. The molecule has 31 heavy (non-hydrogen) atoms. The van der Waals surface area contributed by atoms with Crippen molar-refractivity contribution in [1.82, 2.24) is 24.7 Å². The van der Waals surface area contributed by atoms with Crippen LogP contribution in [0.2, 0.25) is 0 Å². The standard InChI is InChI=1S/C23H20N6O2/c30-12-11-28(15-16-7-3-1-4-8-16)23-24-13-18-20-19(14-25-27-20)22(31)29(21(18)26-23)17-9-5-2-6-10-17/h1-10,13-14,30H,11-12,15H2,(H,25,27). The predicted molar refractivity (Wildman–Crippen MR) is 119 cm³/mol. The minimum absolute atomic E-state index is 0.0435.